The number of nitrogens with zero attached hydrogens (tertiary/aromatic N) is 7. The van der Waals surface area contributed by atoms with Crippen LogP contribution in [0.25, 0.3) is 16.9 Å². The third kappa shape index (κ3) is 4.28. The van der Waals surface area contributed by atoms with Crippen LogP contribution in [0.5, 0.6) is 0 Å². The highest BCUT2D eigenvalue weighted by Gasteiger charge is 2.29. The predicted octanol–water partition coefficient (Wildman–Crippen LogP) is 4.40. The number of carbonyl (C=O) groups excluding carboxylic acids is 1. The number of tetrazole rings is 1. The molecule has 2 aromatic carbocycles. The van der Waals surface area contributed by atoms with E-state index in [1.807, 2.05) is 23.1 Å². The van der Waals surface area contributed by atoms with Gasteiger partial charge in [-0.3, -0.25) is 4.79 Å². The van der Waals surface area contributed by atoms with E-state index in [0.29, 0.717) is 41.1 Å². The molecular formula is C26H22F2N8O. The highest BCUT2D eigenvalue weighted by molar-refractivity contribution is 6.09. The predicted molar refractivity (Wildman–Crippen MR) is 133 cm³/mol. The molecule has 1 fully saturated rings. The number of anilines is 2. The number of fused-ring (bicyclic) bond motifs is 1. The summed E-state index contributed by atoms with van der Waals surface area (Å²) in [5.74, 6) is -0.769. The Hall–Kier alpha value is -4.67. The van der Waals surface area contributed by atoms with Crippen LogP contribution in [0.2, 0.25) is 0 Å². The molecule has 1 aliphatic heterocycles. The number of amides is 1. The number of carbonyl (C=O) groups is 1. The zero-order chi connectivity index (χ0) is 25.5. The standard InChI is InChI=1S/C26H22F2N8O/c1-34-32-25(31-33-34)16-4-2-5-18(12-16)30-26(37)21-15-29-36-11-9-19(14-24(21)36)35-10-3-6-23(35)20-13-17(27)7-8-22(20)28/h2,4-5,7-9,11-15,23H,3,6,10H2,1H3,(H,30,37)/t23-/m1/s1. The normalized spacial score (nSPS) is 15.4. The van der Waals surface area contributed by atoms with Crippen molar-refractivity contribution in [2.45, 2.75) is 18.9 Å². The highest BCUT2D eigenvalue weighted by Crippen LogP contribution is 2.38. The van der Waals surface area contributed by atoms with E-state index in [9.17, 15) is 13.6 Å². The Kier molecular flexibility index (Phi) is 5.59. The van der Waals surface area contributed by atoms with E-state index in [0.717, 1.165) is 23.7 Å². The monoisotopic (exact) mass is 500 g/mol. The summed E-state index contributed by atoms with van der Waals surface area (Å²) in [6.45, 7) is 0.690. The van der Waals surface area contributed by atoms with Gasteiger partial charge in [0, 0.05) is 35.2 Å². The molecule has 4 heterocycles. The van der Waals surface area contributed by atoms with Gasteiger partial charge in [-0.15, -0.1) is 10.2 Å². The van der Waals surface area contributed by atoms with Crippen LogP contribution < -0.4 is 10.2 Å². The fraction of sp³-hybridized carbons (Fsp3) is 0.192. The van der Waals surface area contributed by atoms with Crippen molar-refractivity contribution in [3.05, 3.63) is 89.8 Å². The maximum atomic E-state index is 14.6. The SMILES string of the molecule is Cn1nnc(-c2cccc(NC(=O)c3cnn4ccc(N5CCC[C@@H]5c5cc(F)ccc5F)cc34)c2)n1. The quantitative estimate of drug-likeness (QED) is 0.385. The summed E-state index contributed by atoms with van der Waals surface area (Å²) in [5, 5.41) is 19.3. The molecule has 0 unspecified atom stereocenters. The molecule has 186 valence electrons. The van der Waals surface area contributed by atoms with E-state index in [-0.39, 0.29) is 11.9 Å². The second-order valence-electron chi connectivity index (χ2n) is 8.93. The highest BCUT2D eigenvalue weighted by atomic mass is 19.1. The molecule has 1 saturated heterocycles. The van der Waals surface area contributed by atoms with Crippen molar-refractivity contribution in [2.75, 3.05) is 16.8 Å². The first-order chi connectivity index (χ1) is 18.0. The minimum Gasteiger partial charge on any atom is -0.364 e. The van der Waals surface area contributed by atoms with Gasteiger partial charge in [0.05, 0.1) is 30.4 Å². The second-order valence-corrected chi connectivity index (χ2v) is 8.93. The molecule has 1 N–H and O–H groups in total. The van der Waals surface area contributed by atoms with Crippen LogP contribution in [-0.4, -0.2) is 42.3 Å². The number of hydrogen-bond donors (Lipinski definition) is 1. The smallest absolute Gasteiger partial charge is 0.259 e. The first kappa shape index (κ1) is 22.8. The molecular weight excluding hydrogens is 478 g/mol. The Morgan fingerprint density at radius 2 is 2.00 bits per heavy atom. The van der Waals surface area contributed by atoms with Gasteiger partial charge in [-0.1, -0.05) is 12.1 Å². The van der Waals surface area contributed by atoms with E-state index < -0.39 is 11.6 Å². The Morgan fingerprint density at radius 1 is 1.11 bits per heavy atom. The molecule has 9 nitrogen and oxygen atoms in total. The molecule has 0 aliphatic carbocycles. The number of aryl methyl sites for hydroxylation is 1. The average Bonchev–Trinajstić information content (AvgIpc) is 3.64. The van der Waals surface area contributed by atoms with E-state index in [4.69, 9.17) is 0 Å². The van der Waals surface area contributed by atoms with Gasteiger partial charge >= 0.3 is 0 Å². The molecule has 0 radical (unpaired) electrons. The van der Waals surface area contributed by atoms with Crippen LogP contribution >= 0.6 is 0 Å². The summed E-state index contributed by atoms with van der Waals surface area (Å²) >= 11 is 0. The second kappa shape index (κ2) is 9.08. The zero-order valence-corrected chi connectivity index (χ0v) is 19.8. The summed E-state index contributed by atoms with van der Waals surface area (Å²) in [6.07, 6.45) is 4.82. The van der Waals surface area contributed by atoms with Crippen LogP contribution in [0.4, 0.5) is 20.2 Å². The zero-order valence-electron chi connectivity index (χ0n) is 19.8. The van der Waals surface area contributed by atoms with E-state index in [1.165, 1.54) is 23.1 Å². The van der Waals surface area contributed by atoms with Crippen LogP contribution in [0.15, 0.2) is 67.0 Å². The first-order valence-electron chi connectivity index (χ1n) is 11.8. The van der Waals surface area contributed by atoms with Crippen LogP contribution in [0.3, 0.4) is 0 Å². The lowest BCUT2D eigenvalue weighted by atomic mass is 10.0. The van der Waals surface area contributed by atoms with Crippen molar-refractivity contribution < 1.29 is 13.6 Å². The van der Waals surface area contributed by atoms with Crippen molar-refractivity contribution in [1.29, 1.82) is 0 Å². The number of halogens is 2. The maximum absolute atomic E-state index is 14.6. The molecule has 3 aromatic heterocycles. The van der Waals surface area contributed by atoms with Crippen molar-refractivity contribution in [1.82, 2.24) is 29.8 Å². The lowest BCUT2D eigenvalue weighted by Crippen LogP contribution is -2.23. The first-order valence-corrected chi connectivity index (χ1v) is 11.8. The Morgan fingerprint density at radius 3 is 2.84 bits per heavy atom. The van der Waals surface area contributed by atoms with Gasteiger partial charge in [-0.2, -0.15) is 9.90 Å². The topological polar surface area (TPSA) is 93.2 Å². The van der Waals surface area contributed by atoms with E-state index in [2.05, 4.69) is 25.8 Å². The van der Waals surface area contributed by atoms with Gasteiger partial charge < -0.3 is 10.2 Å². The molecule has 0 bridgehead atoms. The molecule has 1 atom stereocenters. The van der Waals surface area contributed by atoms with Crippen LogP contribution in [0, 0.1) is 11.6 Å². The molecule has 11 heteroatoms. The molecule has 6 rings (SSSR count). The van der Waals surface area contributed by atoms with E-state index >= 15 is 0 Å². The van der Waals surface area contributed by atoms with Crippen molar-refractivity contribution >= 4 is 22.8 Å². The number of nitrogens with one attached hydrogen (secondary N) is 1. The summed E-state index contributed by atoms with van der Waals surface area (Å²) in [4.78, 5) is 16.6. The largest absolute Gasteiger partial charge is 0.364 e. The van der Waals surface area contributed by atoms with Gasteiger partial charge in [0.2, 0.25) is 5.82 Å². The Bertz CT molecular complexity index is 1630. The van der Waals surface area contributed by atoms with E-state index in [1.54, 1.807) is 36.0 Å². The fourth-order valence-corrected chi connectivity index (χ4v) is 4.83. The molecule has 37 heavy (non-hydrogen) atoms. The van der Waals surface area contributed by atoms with Gasteiger partial charge in [0.25, 0.3) is 5.91 Å². The Labute approximate surface area is 210 Å². The number of pyridine rings is 1. The van der Waals surface area contributed by atoms with Crippen LogP contribution in [-0.2, 0) is 7.05 Å². The molecule has 1 amide bonds. The summed E-state index contributed by atoms with van der Waals surface area (Å²) in [7, 11) is 1.68. The summed E-state index contributed by atoms with van der Waals surface area (Å²) < 4.78 is 30.1. The van der Waals surface area contributed by atoms with Crippen molar-refractivity contribution in [3.63, 3.8) is 0 Å². The molecule has 0 spiro atoms. The minimum absolute atomic E-state index is 0.296. The van der Waals surface area contributed by atoms with Crippen LogP contribution in [0.1, 0.15) is 34.8 Å². The minimum atomic E-state index is -0.465. The molecule has 5 aromatic rings. The van der Waals surface area contributed by atoms with Gasteiger partial charge in [0.1, 0.15) is 11.6 Å². The third-order valence-electron chi connectivity index (χ3n) is 6.54. The van der Waals surface area contributed by atoms with Gasteiger partial charge in [-0.25, -0.2) is 13.3 Å². The lowest BCUT2D eigenvalue weighted by molar-refractivity contribution is 0.102. The number of rotatable bonds is 5. The van der Waals surface area contributed by atoms with Crippen molar-refractivity contribution in [2.24, 2.45) is 7.05 Å². The van der Waals surface area contributed by atoms with Gasteiger partial charge in [0.15, 0.2) is 0 Å². The lowest BCUT2D eigenvalue weighted by Gasteiger charge is -2.27. The Balaban J connectivity index is 1.29. The molecule has 1 aliphatic rings. The number of aromatic nitrogens is 6. The maximum Gasteiger partial charge on any atom is 0.259 e. The summed E-state index contributed by atoms with van der Waals surface area (Å²) in [5.41, 5.74) is 3.43. The van der Waals surface area contributed by atoms with Crippen molar-refractivity contribution in [3.8, 4) is 11.4 Å². The molecule has 0 saturated carbocycles. The number of benzene rings is 2. The fourth-order valence-electron chi connectivity index (χ4n) is 4.83. The summed E-state index contributed by atoms with van der Waals surface area (Å²) in [6, 6.07) is 14.2. The average molecular weight is 501 g/mol. The third-order valence-corrected chi connectivity index (χ3v) is 6.54. The van der Waals surface area contributed by atoms with Gasteiger partial charge in [-0.05, 0) is 60.5 Å². The number of hydrogen-bond acceptors (Lipinski definition) is 6.